The van der Waals surface area contributed by atoms with Gasteiger partial charge in [-0.2, -0.15) is 4.68 Å². The standard InChI is InChI=1S/C16H23N5OS/c1-10-7-8-13(11(2)9-10)21-15(18-19-20-21)23-12(3)14(22)17-16(4,5)6/h7-9,12H,1-6H3,(H,17,22). The molecule has 0 bridgehead atoms. The number of carbonyl (C=O) groups excluding carboxylic acids is 1. The Labute approximate surface area is 141 Å². The van der Waals surface area contributed by atoms with E-state index < -0.39 is 0 Å². The summed E-state index contributed by atoms with van der Waals surface area (Å²) < 4.78 is 1.68. The molecule has 23 heavy (non-hydrogen) atoms. The molecular formula is C16H23N5OS. The van der Waals surface area contributed by atoms with Crippen LogP contribution in [0.15, 0.2) is 23.4 Å². The van der Waals surface area contributed by atoms with Gasteiger partial charge in [0.1, 0.15) is 0 Å². The number of benzene rings is 1. The average Bonchev–Trinajstić information content (AvgIpc) is 2.84. The van der Waals surface area contributed by atoms with Gasteiger partial charge in [-0.3, -0.25) is 4.79 Å². The Kier molecular flexibility index (Phi) is 5.09. The number of aromatic nitrogens is 4. The highest BCUT2D eigenvalue weighted by atomic mass is 32.2. The highest BCUT2D eigenvalue weighted by molar-refractivity contribution is 8.00. The lowest BCUT2D eigenvalue weighted by Gasteiger charge is -2.22. The predicted octanol–water partition coefficient (Wildman–Crippen LogP) is 2.67. The number of tetrazole rings is 1. The summed E-state index contributed by atoms with van der Waals surface area (Å²) in [5.41, 5.74) is 2.94. The second-order valence-corrected chi connectivity index (χ2v) is 7.97. The Morgan fingerprint density at radius 1 is 1.30 bits per heavy atom. The van der Waals surface area contributed by atoms with Crippen LogP contribution in [0.2, 0.25) is 0 Å². The van der Waals surface area contributed by atoms with Crippen LogP contribution in [-0.2, 0) is 4.79 Å². The molecule has 7 heteroatoms. The first-order valence-electron chi connectivity index (χ1n) is 7.52. The largest absolute Gasteiger partial charge is 0.351 e. The number of hydrogen-bond donors (Lipinski definition) is 1. The Morgan fingerprint density at radius 3 is 2.61 bits per heavy atom. The van der Waals surface area contributed by atoms with Crippen LogP contribution in [0.25, 0.3) is 5.69 Å². The number of nitrogens with one attached hydrogen (secondary N) is 1. The summed E-state index contributed by atoms with van der Waals surface area (Å²) >= 11 is 1.35. The Bertz CT molecular complexity index is 705. The molecule has 2 rings (SSSR count). The predicted molar refractivity (Wildman–Crippen MR) is 91.8 cm³/mol. The van der Waals surface area contributed by atoms with Crippen LogP contribution >= 0.6 is 11.8 Å². The van der Waals surface area contributed by atoms with Gasteiger partial charge in [-0.25, -0.2) is 0 Å². The smallest absolute Gasteiger partial charge is 0.233 e. The van der Waals surface area contributed by atoms with Crippen LogP contribution in [0.3, 0.4) is 0 Å². The Balaban J connectivity index is 2.20. The van der Waals surface area contributed by atoms with Gasteiger partial charge in [0.2, 0.25) is 11.1 Å². The van der Waals surface area contributed by atoms with E-state index in [1.807, 2.05) is 53.7 Å². The number of nitrogens with zero attached hydrogens (tertiary/aromatic N) is 4. The van der Waals surface area contributed by atoms with Crippen molar-refractivity contribution >= 4 is 17.7 Å². The Morgan fingerprint density at radius 2 is 2.00 bits per heavy atom. The first-order chi connectivity index (χ1) is 10.7. The minimum atomic E-state index is -0.287. The van der Waals surface area contributed by atoms with E-state index in [-0.39, 0.29) is 16.7 Å². The van der Waals surface area contributed by atoms with Crippen LogP contribution in [0, 0.1) is 13.8 Å². The lowest BCUT2D eigenvalue weighted by molar-refractivity contribution is -0.121. The van der Waals surface area contributed by atoms with Crippen LogP contribution in [0.1, 0.15) is 38.8 Å². The second-order valence-electron chi connectivity index (χ2n) is 6.66. The quantitative estimate of drug-likeness (QED) is 0.871. The molecule has 0 aliphatic rings. The SMILES string of the molecule is Cc1ccc(-n2nnnc2SC(C)C(=O)NC(C)(C)C)c(C)c1. The van der Waals surface area contributed by atoms with Gasteiger partial charge >= 0.3 is 0 Å². The van der Waals surface area contributed by atoms with Crippen molar-refractivity contribution in [2.45, 2.75) is 57.5 Å². The van der Waals surface area contributed by atoms with E-state index in [1.54, 1.807) is 4.68 Å². The minimum absolute atomic E-state index is 0.0299. The van der Waals surface area contributed by atoms with Gasteiger partial charge < -0.3 is 5.32 Å². The third-order valence-electron chi connectivity index (χ3n) is 3.17. The second kappa shape index (κ2) is 6.70. The molecule has 0 spiro atoms. The molecule has 6 nitrogen and oxygen atoms in total. The molecule has 0 saturated carbocycles. The van der Waals surface area contributed by atoms with E-state index in [9.17, 15) is 4.79 Å². The van der Waals surface area contributed by atoms with E-state index in [4.69, 9.17) is 0 Å². The van der Waals surface area contributed by atoms with E-state index in [1.165, 1.54) is 17.3 Å². The number of thioether (sulfide) groups is 1. The summed E-state index contributed by atoms with van der Waals surface area (Å²) in [6.07, 6.45) is 0. The topological polar surface area (TPSA) is 72.7 Å². The molecule has 1 aromatic carbocycles. The fourth-order valence-corrected chi connectivity index (χ4v) is 2.93. The van der Waals surface area contributed by atoms with Crippen LogP contribution in [0.5, 0.6) is 0 Å². The molecule has 0 aliphatic heterocycles. The van der Waals surface area contributed by atoms with Crippen molar-refractivity contribution in [3.05, 3.63) is 29.3 Å². The van der Waals surface area contributed by atoms with Crippen molar-refractivity contribution in [3.63, 3.8) is 0 Å². The summed E-state index contributed by atoms with van der Waals surface area (Å²) in [6.45, 7) is 11.8. The molecule has 1 atom stereocenters. The molecule has 1 unspecified atom stereocenters. The van der Waals surface area contributed by atoms with E-state index in [2.05, 4.69) is 26.9 Å². The molecule has 0 fully saturated rings. The molecular weight excluding hydrogens is 310 g/mol. The highest BCUT2D eigenvalue weighted by Crippen LogP contribution is 2.25. The molecule has 1 aromatic heterocycles. The van der Waals surface area contributed by atoms with Gasteiger partial charge in [0.05, 0.1) is 10.9 Å². The van der Waals surface area contributed by atoms with Crippen molar-refractivity contribution in [3.8, 4) is 5.69 Å². The lowest BCUT2D eigenvalue weighted by atomic mass is 10.1. The zero-order valence-electron chi connectivity index (χ0n) is 14.4. The molecule has 1 N–H and O–H groups in total. The molecule has 0 saturated heterocycles. The normalized spacial score (nSPS) is 13.0. The fourth-order valence-electron chi connectivity index (χ4n) is 2.13. The van der Waals surface area contributed by atoms with Gasteiger partial charge in [0.15, 0.2) is 0 Å². The number of hydrogen-bond acceptors (Lipinski definition) is 5. The number of rotatable bonds is 4. The highest BCUT2D eigenvalue weighted by Gasteiger charge is 2.23. The zero-order valence-corrected chi connectivity index (χ0v) is 15.2. The van der Waals surface area contributed by atoms with E-state index in [0.29, 0.717) is 5.16 Å². The van der Waals surface area contributed by atoms with Crippen molar-refractivity contribution < 1.29 is 4.79 Å². The summed E-state index contributed by atoms with van der Waals surface area (Å²) in [5.74, 6) is -0.0299. The monoisotopic (exact) mass is 333 g/mol. The van der Waals surface area contributed by atoms with Gasteiger partial charge in [-0.05, 0) is 63.6 Å². The first kappa shape index (κ1) is 17.5. The molecule has 124 valence electrons. The molecule has 0 radical (unpaired) electrons. The number of carbonyl (C=O) groups is 1. The number of amides is 1. The maximum absolute atomic E-state index is 12.2. The minimum Gasteiger partial charge on any atom is -0.351 e. The van der Waals surface area contributed by atoms with Crippen molar-refractivity contribution in [2.75, 3.05) is 0 Å². The van der Waals surface area contributed by atoms with Crippen molar-refractivity contribution in [1.82, 2.24) is 25.5 Å². The van der Waals surface area contributed by atoms with Crippen molar-refractivity contribution in [1.29, 1.82) is 0 Å². The zero-order chi connectivity index (χ0) is 17.2. The van der Waals surface area contributed by atoms with Crippen LogP contribution < -0.4 is 5.32 Å². The summed E-state index contributed by atoms with van der Waals surface area (Å²) in [4.78, 5) is 12.2. The van der Waals surface area contributed by atoms with Crippen LogP contribution in [-0.4, -0.2) is 36.9 Å². The van der Waals surface area contributed by atoms with Gasteiger partial charge in [-0.15, -0.1) is 5.10 Å². The van der Waals surface area contributed by atoms with Crippen molar-refractivity contribution in [2.24, 2.45) is 0 Å². The molecule has 0 aliphatic carbocycles. The van der Waals surface area contributed by atoms with Crippen LogP contribution in [0.4, 0.5) is 0 Å². The summed E-state index contributed by atoms with van der Waals surface area (Å²) in [7, 11) is 0. The average molecular weight is 333 g/mol. The Hall–Kier alpha value is -1.89. The summed E-state index contributed by atoms with van der Waals surface area (Å²) in [5, 5.41) is 15.2. The fraction of sp³-hybridized carbons (Fsp3) is 0.500. The molecule has 1 amide bonds. The number of aryl methyl sites for hydroxylation is 2. The molecule has 1 heterocycles. The first-order valence-corrected chi connectivity index (χ1v) is 8.40. The maximum atomic E-state index is 12.2. The van der Waals surface area contributed by atoms with Gasteiger partial charge in [0.25, 0.3) is 0 Å². The van der Waals surface area contributed by atoms with E-state index in [0.717, 1.165) is 11.3 Å². The van der Waals surface area contributed by atoms with E-state index >= 15 is 0 Å². The van der Waals surface area contributed by atoms with Gasteiger partial charge in [-0.1, -0.05) is 29.5 Å². The lowest BCUT2D eigenvalue weighted by Crippen LogP contribution is -2.44. The van der Waals surface area contributed by atoms with Gasteiger partial charge in [0, 0.05) is 5.54 Å². The third-order valence-corrected chi connectivity index (χ3v) is 4.20. The molecule has 2 aromatic rings. The maximum Gasteiger partial charge on any atom is 0.233 e. The third kappa shape index (κ3) is 4.54. The summed E-state index contributed by atoms with van der Waals surface area (Å²) in [6, 6.07) is 6.10.